The lowest BCUT2D eigenvalue weighted by Gasteiger charge is -2.10. The van der Waals surface area contributed by atoms with Crippen molar-refractivity contribution in [3.63, 3.8) is 0 Å². The van der Waals surface area contributed by atoms with Crippen LogP contribution in [0.15, 0.2) is 18.2 Å². The molecule has 0 spiro atoms. The standard InChI is InChI=1S/C13H17N3O2/c1-8-13(14)9(2)16(15-8)10-5-6-11(17-3)12(7-10)18-4/h5-7H,14H2,1-4H3. The minimum absolute atomic E-state index is 0.668. The molecule has 0 bridgehead atoms. The number of anilines is 1. The van der Waals surface area contributed by atoms with E-state index >= 15 is 0 Å². The van der Waals surface area contributed by atoms with E-state index in [4.69, 9.17) is 15.2 Å². The lowest BCUT2D eigenvalue weighted by Crippen LogP contribution is -2.01. The molecular weight excluding hydrogens is 230 g/mol. The van der Waals surface area contributed by atoms with Crippen LogP contribution in [0.1, 0.15) is 11.4 Å². The van der Waals surface area contributed by atoms with Crippen molar-refractivity contribution in [1.82, 2.24) is 9.78 Å². The zero-order valence-electron chi connectivity index (χ0n) is 11.0. The van der Waals surface area contributed by atoms with Crippen molar-refractivity contribution in [2.75, 3.05) is 20.0 Å². The van der Waals surface area contributed by atoms with Gasteiger partial charge in [0, 0.05) is 6.07 Å². The smallest absolute Gasteiger partial charge is 0.162 e. The molecule has 0 saturated heterocycles. The van der Waals surface area contributed by atoms with Crippen molar-refractivity contribution in [2.24, 2.45) is 0 Å². The van der Waals surface area contributed by atoms with Crippen molar-refractivity contribution >= 4 is 5.69 Å². The molecule has 2 aromatic rings. The second-order valence-corrected chi connectivity index (χ2v) is 4.04. The monoisotopic (exact) mass is 247 g/mol. The number of benzene rings is 1. The zero-order valence-corrected chi connectivity index (χ0v) is 11.0. The van der Waals surface area contributed by atoms with Gasteiger partial charge in [0.25, 0.3) is 0 Å². The second kappa shape index (κ2) is 4.60. The van der Waals surface area contributed by atoms with Crippen LogP contribution in [-0.4, -0.2) is 24.0 Å². The average molecular weight is 247 g/mol. The summed E-state index contributed by atoms with van der Waals surface area (Å²) in [6.45, 7) is 3.83. The lowest BCUT2D eigenvalue weighted by atomic mass is 10.2. The molecule has 0 aliphatic rings. The van der Waals surface area contributed by atoms with E-state index in [2.05, 4.69) is 5.10 Å². The average Bonchev–Trinajstić information content (AvgIpc) is 2.65. The van der Waals surface area contributed by atoms with Gasteiger partial charge in [-0.2, -0.15) is 5.10 Å². The first kappa shape index (κ1) is 12.3. The lowest BCUT2D eigenvalue weighted by molar-refractivity contribution is 0.354. The fourth-order valence-corrected chi connectivity index (χ4v) is 1.86. The molecule has 0 aliphatic carbocycles. The van der Waals surface area contributed by atoms with Crippen LogP contribution < -0.4 is 15.2 Å². The number of methoxy groups -OCH3 is 2. The predicted molar refractivity (Wildman–Crippen MR) is 70.6 cm³/mol. The van der Waals surface area contributed by atoms with Gasteiger partial charge in [-0.25, -0.2) is 4.68 Å². The third-order valence-electron chi connectivity index (χ3n) is 2.96. The first-order chi connectivity index (χ1) is 8.58. The van der Waals surface area contributed by atoms with Crippen LogP contribution in [-0.2, 0) is 0 Å². The summed E-state index contributed by atoms with van der Waals surface area (Å²) in [6, 6.07) is 5.64. The Morgan fingerprint density at radius 3 is 2.28 bits per heavy atom. The molecule has 0 aliphatic heterocycles. The molecule has 5 nitrogen and oxygen atoms in total. The van der Waals surface area contributed by atoms with Gasteiger partial charge in [-0.15, -0.1) is 0 Å². The summed E-state index contributed by atoms with van der Waals surface area (Å²) in [5.41, 5.74) is 9.27. The highest BCUT2D eigenvalue weighted by Crippen LogP contribution is 2.30. The Morgan fingerprint density at radius 2 is 1.78 bits per heavy atom. The number of hydrogen-bond acceptors (Lipinski definition) is 4. The number of hydrogen-bond donors (Lipinski definition) is 1. The second-order valence-electron chi connectivity index (χ2n) is 4.04. The minimum Gasteiger partial charge on any atom is -0.493 e. The Bertz CT molecular complexity index is 576. The van der Waals surface area contributed by atoms with E-state index in [9.17, 15) is 0 Å². The van der Waals surface area contributed by atoms with Crippen LogP contribution in [0.4, 0.5) is 5.69 Å². The van der Waals surface area contributed by atoms with Crippen molar-refractivity contribution in [1.29, 1.82) is 0 Å². The summed E-state index contributed by atoms with van der Waals surface area (Å²) in [5, 5.41) is 4.41. The van der Waals surface area contributed by atoms with Crippen LogP contribution in [0.5, 0.6) is 11.5 Å². The van der Waals surface area contributed by atoms with Gasteiger partial charge in [0.1, 0.15) is 0 Å². The van der Waals surface area contributed by atoms with Gasteiger partial charge in [0.05, 0.1) is 37.0 Å². The minimum atomic E-state index is 0.668. The molecule has 0 saturated carbocycles. The van der Waals surface area contributed by atoms with Gasteiger partial charge >= 0.3 is 0 Å². The summed E-state index contributed by atoms with van der Waals surface area (Å²) < 4.78 is 12.3. The SMILES string of the molecule is COc1ccc(-n2nc(C)c(N)c2C)cc1OC. The Hall–Kier alpha value is -2.17. The number of nitrogens with zero attached hydrogens (tertiary/aromatic N) is 2. The van der Waals surface area contributed by atoms with E-state index in [0.717, 1.165) is 17.1 Å². The fourth-order valence-electron chi connectivity index (χ4n) is 1.86. The largest absolute Gasteiger partial charge is 0.493 e. The molecule has 1 aromatic heterocycles. The third-order valence-corrected chi connectivity index (χ3v) is 2.96. The van der Waals surface area contributed by atoms with E-state index in [1.165, 1.54) is 0 Å². The molecule has 0 atom stereocenters. The van der Waals surface area contributed by atoms with Gasteiger partial charge in [-0.05, 0) is 26.0 Å². The zero-order chi connectivity index (χ0) is 13.3. The first-order valence-corrected chi connectivity index (χ1v) is 5.62. The number of nitrogens with two attached hydrogens (primary N) is 1. The molecule has 0 unspecified atom stereocenters. The maximum absolute atomic E-state index is 5.93. The quantitative estimate of drug-likeness (QED) is 0.902. The van der Waals surface area contributed by atoms with Crippen LogP contribution in [0.3, 0.4) is 0 Å². The Kier molecular flexibility index (Phi) is 3.14. The Labute approximate surface area is 106 Å². The fraction of sp³-hybridized carbons (Fsp3) is 0.308. The van der Waals surface area contributed by atoms with Crippen LogP contribution in [0, 0.1) is 13.8 Å². The third kappa shape index (κ3) is 1.88. The molecule has 1 aromatic carbocycles. The summed E-state index contributed by atoms with van der Waals surface area (Å²) in [6.07, 6.45) is 0. The summed E-state index contributed by atoms with van der Waals surface area (Å²) >= 11 is 0. The number of nitrogen functional groups attached to an aromatic ring is 1. The molecule has 2 rings (SSSR count). The molecule has 5 heteroatoms. The van der Waals surface area contributed by atoms with Gasteiger partial charge in [0.15, 0.2) is 11.5 Å². The number of aryl methyl sites for hydroxylation is 1. The molecule has 2 N–H and O–H groups in total. The molecular formula is C13H17N3O2. The number of rotatable bonds is 3. The van der Waals surface area contributed by atoms with Crippen LogP contribution in [0.25, 0.3) is 5.69 Å². The van der Waals surface area contributed by atoms with Gasteiger partial charge < -0.3 is 15.2 Å². The topological polar surface area (TPSA) is 62.3 Å². The Balaban J connectivity index is 2.54. The highest BCUT2D eigenvalue weighted by Gasteiger charge is 2.12. The first-order valence-electron chi connectivity index (χ1n) is 5.62. The molecule has 18 heavy (non-hydrogen) atoms. The highest BCUT2D eigenvalue weighted by atomic mass is 16.5. The number of aromatic nitrogens is 2. The molecule has 0 amide bonds. The normalized spacial score (nSPS) is 10.4. The van der Waals surface area contributed by atoms with Gasteiger partial charge in [-0.3, -0.25) is 0 Å². The van der Waals surface area contributed by atoms with Crippen molar-refractivity contribution in [3.8, 4) is 17.2 Å². The predicted octanol–water partition coefficient (Wildman–Crippen LogP) is 2.09. The van der Waals surface area contributed by atoms with E-state index < -0.39 is 0 Å². The maximum Gasteiger partial charge on any atom is 0.162 e. The molecule has 0 radical (unpaired) electrons. The summed E-state index contributed by atoms with van der Waals surface area (Å²) in [4.78, 5) is 0. The maximum atomic E-state index is 5.93. The van der Waals surface area contributed by atoms with E-state index in [1.807, 2.05) is 32.0 Å². The molecule has 0 fully saturated rings. The van der Waals surface area contributed by atoms with Crippen molar-refractivity contribution in [2.45, 2.75) is 13.8 Å². The molecule has 1 heterocycles. The van der Waals surface area contributed by atoms with Crippen LogP contribution >= 0.6 is 0 Å². The van der Waals surface area contributed by atoms with Crippen molar-refractivity contribution in [3.05, 3.63) is 29.6 Å². The van der Waals surface area contributed by atoms with Gasteiger partial charge in [-0.1, -0.05) is 0 Å². The van der Waals surface area contributed by atoms with E-state index in [-0.39, 0.29) is 0 Å². The van der Waals surface area contributed by atoms with Crippen LogP contribution in [0.2, 0.25) is 0 Å². The Morgan fingerprint density at radius 1 is 1.11 bits per heavy atom. The highest BCUT2D eigenvalue weighted by molar-refractivity contribution is 5.54. The summed E-state index contributed by atoms with van der Waals surface area (Å²) in [5.74, 6) is 1.36. The van der Waals surface area contributed by atoms with Crippen molar-refractivity contribution < 1.29 is 9.47 Å². The van der Waals surface area contributed by atoms with E-state index in [0.29, 0.717) is 17.2 Å². The summed E-state index contributed by atoms with van der Waals surface area (Å²) in [7, 11) is 3.22. The number of ether oxygens (including phenoxy) is 2. The van der Waals surface area contributed by atoms with Gasteiger partial charge in [0.2, 0.25) is 0 Å². The molecule has 96 valence electrons. The van der Waals surface area contributed by atoms with E-state index in [1.54, 1.807) is 18.9 Å².